The van der Waals surface area contributed by atoms with E-state index in [1.165, 1.54) is 0 Å². The van der Waals surface area contributed by atoms with Crippen LogP contribution in [0.15, 0.2) is 24.3 Å². The van der Waals surface area contributed by atoms with Crippen LogP contribution in [0.5, 0.6) is 0 Å². The van der Waals surface area contributed by atoms with E-state index in [-0.39, 0.29) is 12.0 Å². The molecule has 0 bridgehead atoms. The van der Waals surface area contributed by atoms with Gasteiger partial charge in [0, 0.05) is 5.92 Å². The van der Waals surface area contributed by atoms with E-state index >= 15 is 0 Å². The van der Waals surface area contributed by atoms with Gasteiger partial charge in [0.2, 0.25) is 0 Å². The molecule has 0 aromatic carbocycles. The minimum absolute atomic E-state index is 0.0370. The van der Waals surface area contributed by atoms with E-state index in [1.807, 2.05) is 0 Å². The summed E-state index contributed by atoms with van der Waals surface area (Å²) in [5, 5.41) is 10.3. The van der Waals surface area contributed by atoms with Crippen LogP contribution in [0.3, 0.4) is 0 Å². The van der Waals surface area contributed by atoms with Crippen LogP contribution < -0.4 is 0 Å². The molecule has 2 heteroatoms. The molecule has 70 valence electrons. The fourth-order valence-corrected chi connectivity index (χ4v) is 3.06. The van der Waals surface area contributed by atoms with E-state index in [4.69, 9.17) is 4.74 Å². The molecule has 4 atom stereocenters. The minimum atomic E-state index is -0.721. The summed E-state index contributed by atoms with van der Waals surface area (Å²) in [5.74, 6) is 0.815. The van der Waals surface area contributed by atoms with E-state index in [2.05, 4.69) is 18.7 Å². The Kier molecular flexibility index (Phi) is 1.35. The maximum absolute atomic E-state index is 10.3. The third-order valence-electron chi connectivity index (χ3n) is 3.81. The monoisotopic (exact) mass is 178 g/mol. The summed E-state index contributed by atoms with van der Waals surface area (Å²) in [4.78, 5) is 0. The molecule has 0 aromatic heterocycles. The molecule has 13 heavy (non-hydrogen) atoms. The van der Waals surface area contributed by atoms with Gasteiger partial charge in [0.05, 0.1) is 12.7 Å². The number of ether oxygens (including phenoxy) is 1. The lowest BCUT2D eigenvalue weighted by atomic mass is 9.54. The van der Waals surface area contributed by atoms with Crippen molar-refractivity contribution in [2.24, 2.45) is 11.8 Å². The highest BCUT2D eigenvalue weighted by molar-refractivity contribution is 5.35. The largest absolute Gasteiger partial charge is 0.382 e. The van der Waals surface area contributed by atoms with Crippen LogP contribution in [-0.2, 0) is 4.74 Å². The molecule has 1 saturated heterocycles. The van der Waals surface area contributed by atoms with Crippen LogP contribution in [0.25, 0.3) is 0 Å². The number of fused-ring (bicyclic) bond motifs is 4. The van der Waals surface area contributed by atoms with Gasteiger partial charge in [-0.25, -0.2) is 0 Å². The second-order valence-electron chi connectivity index (χ2n) is 4.36. The normalized spacial score (nSPS) is 52.7. The maximum Gasteiger partial charge on any atom is 0.120 e. The van der Waals surface area contributed by atoms with Crippen molar-refractivity contribution in [2.75, 3.05) is 6.61 Å². The van der Waals surface area contributed by atoms with Gasteiger partial charge in [-0.1, -0.05) is 18.7 Å². The van der Waals surface area contributed by atoms with Gasteiger partial charge in [-0.2, -0.15) is 0 Å². The average Bonchev–Trinajstić information content (AvgIpc) is 2.39. The molecule has 0 amide bonds. The van der Waals surface area contributed by atoms with Gasteiger partial charge in [0.25, 0.3) is 0 Å². The van der Waals surface area contributed by atoms with E-state index in [0.717, 1.165) is 18.4 Å². The molecule has 1 saturated carbocycles. The molecule has 0 spiro atoms. The van der Waals surface area contributed by atoms with Crippen LogP contribution in [-0.4, -0.2) is 23.4 Å². The van der Waals surface area contributed by atoms with Crippen molar-refractivity contribution in [1.29, 1.82) is 0 Å². The molecule has 0 aromatic rings. The molecule has 3 rings (SSSR count). The van der Waals surface area contributed by atoms with Crippen molar-refractivity contribution in [2.45, 2.75) is 24.5 Å². The zero-order valence-electron chi connectivity index (χ0n) is 7.57. The zero-order chi connectivity index (χ0) is 9.05. The summed E-state index contributed by atoms with van der Waals surface area (Å²) >= 11 is 0. The number of rotatable bonds is 0. The average molecular weight is 178 g/mol. The lowest BCUT2D eigenvalue weighted by Gasteiger charge is -2.54. The Morgan fingerprint density at radius 1 is 1.62 bits per heavy atom. The van der Waals surface area contributed by atoms with E-state index < -0.39 is 5.60 Å². The molecule has 0 radical (unpaired) electrons. The van der Waals surface area contributed by atoms with Gasteiger partial charge >= 0.3 is 0 Å². The molecule has 2 aliphatic carbocycles. The van der Waals surface area contributed by atoms with E-state index in [0.29, 0.717) is 12.5 Å². The third kappa shape index (κ3) is 0.720. The van der Waals surface area contributed by atoms with Crippen LogP contribution >= 0.6 is 0 Å². The Labute approximate surface area is 77.9 Å². The fraction of sp³-hybridized carbons (Fsp3) is 0.636. The number of hydrogen-bond acceptors (Lipinski definition) is 2. The summed E-state index contributed by atoms with van der Waals surface area (Å²) in [6.45, 7) is 4.43. The molecule has 1 heterocycles. The topological polar surface area (TPSA) is 29.5 Å². The van der Waals surface area contributed by atoms with Crippen molar-refractivity contribution in [3.05, 3.63) is 24.3 Å². The number of aliphatic hydroxyl groups is 1. The highest BCUT2D eigenvalue weighted by atomic mass is 16.5. The second-order valence-corrected chi connectivity index (χ2v) is 4.36. The van der Waals surface area contributed by atoms with Gasteiger partial charge in [0.1, 0.15) is 5.60 Å². The molecule has 1 aliphatic heterocycles. The van der Waals surface area contributed by atoms with Gasteiger partial charge in [0.15, 0.2) is 0 Å². The quantitative estimate of drug-likeness (QED) is 0.566. The van der Waals surface area contributed by atoms with Gasteiger partial charge in [-0.3, -0.25) is 0 Å². The first-order chi connectivity index (χ1) is 6.24. The van der Waals surface area contributed by atoms with E-state index in [1.54, 1.807) is 0 Å². The lowest BCUT2D eigenvalue weighted by Crippen LogP contribution is -2.64. The Bertz CT molecular complexity index is 294. The molecule has 3 aliphatic rings. The molecule has 2 fully saturated rings. The molecular formula is C11H14O2. The van der Waals surface area contributed by atoms with Crippen LogP contribution in [0.4, 0.5) is 0 Å². The second kappa shape index (κ2) is 2.25. The van der Waals surface area contributed by atoms with Crippen LogP contribution in [0, 0.1) is 11.8 Å². The first-order valence-electron chi connectivity index (χ1n) is 4.93. The van der Waals surface area contributed by atoms with Crippen molar-refractivity contribution in [3.63, 3.8) is 0 Å². The predicted octanol–water partition coefficient (Wildman–Crippen LogP) is 1.27. The minimum Gasteiger partial charge on any atom is -0.382 e. The molecular weight excluding hydrogens is 164 g/mol. The van der Waals surface area contributed by atoms with E-state index in [9.17, 15) is 5.11 Å². The van der Waals surface area contributed by atoms with Gasteiger partial charge < -0.3 is 9.84 Å². The molecule has 1 N–H and O–H groups in total. The van der Waals surface area contributed by atoms with Gasteiger partial charge in [-0.15, -0.1) is 0 Å². The zero-order valence-corrected chi connectivity index (χ0v) is 7.57. The van der Waals surface area contributed by atoms with Crippen molar-refractivity contribution < 1.29 is 9.84 Å². The standard InChI is InChI=1S/C11H14O2/c1-7-6-13-10-8-4-2-3-5-9(8)11(7,10)12/h3,5,8-10,12H,1-2,4,6H2/t8-,9-,10+,11-/m0/s1. The molecule has 0 unspecified atom stereocenters. The van der Waals surface area contributed by atoms with Crippen molar-refractivity contribution >= 4 is 0 Å². The summed E-state index contributed by atoms with van der Waals surface area (Å²) in [5.41, 5.74) is 0.145. The van der Waals surface area contributed by atoms with Crippen molar-refractivity contribution in [3.8, 4) is 0 Å². The maximum atomic E-state index is 10.3. The Morgan fingerprint density at radius 2 is 2.46 bits per heavy atom. The first kappa shape index (κ1) is 7.77. The van der Waals surface area contributed by atoms with Crippen molar-refractivity contribution in [1.82, 2.24) is 0 Å². The highest BCUT2D eigenvalue weighted by Crippen LogP contribution is 2.57. The summed E-state index contributed by atoms with van der Waals surface area (Å²) in [7, 11) is 0. The Morgan fingerprint density at radius 3 is 3.31 bits per heavy atom. The smallest absolute Gasteiger partial charge is 0.120 e. The predicted molar refractivity (Wildman–Crippen MR) is 49.2 cm³/mol. The number of allylic oxidation sites excluding steroid dienone is 1. The summed E-state index contributed by atoms with van der Waals surface area (Å²) in [6.07, 6.45) is 6.63. The highest BCUT2D eigenvalue weighted by Gasteiger charge is 2.65. The first-order valence-corrected chi connectivity index (χ1v) is 4.93. The Hall–Kier alpha value is -0.600. The summed E-state index contributed by atoms with van der Waals surface area (Å²) < 4.78 is 5.55. The number of hydrogen-bond donors (Lipinski definition) is 1. The molecule has 2 nitrogen and oxygen atoms in total. The van der Waals surface area contributed by atoms with Gasteiger partial charge in [-0.05, 0) is 24.3 Å². The van der Waals surface area contributed by atoms with Crippen LogP contribution in [0.2, 0.25) is 0 Å². The van der Waals surface area contributed by atoms with Crippen LogP contribution in [0.1, 0.15) is 12.8 Å². The lowest BCUT2D eigenvalue weighted by molar-refractivity contribution is -0.179. The summed E-state index contributed by atoms with van der Waals surface area (Å²) in [6, 6.07) is 0. The third-order valence-corrected chi connectivity index (χ3v) is 3.81. The Balaban J connectivity index is 1.99. The SMILES string of the molecule is C=C1CO[C@@H]2[C@H]3CCC=C[C@@H]3[C@@]12O. The fourth-order valence-electron chi connectivity index (χ4n) is 3.06.